The van der Waals surface area contributed by atoms with Crippen molar-refractivity contribution in [2.75, 3.05) is 0 Å². The molecule has 3 rings (SSSR count). The van der Waals surface area contributed by atoms with Gasteiger partial charge in [-0.15, -0.1) is 0 Å². The third kappa shape index (κ3) is 3.01. The third-order valence-corrected chi connectivity index (χ3v) is 13.3. The lowest BCUT2D eigenvalue weighted by atomic mass is 9.80. The maximum atomic E-state index is 2.78. The molecule has 3 aliphatic rings. The van der Waals surface area contributed by atoms with Crippen molar-refractivity contribution >= 4 is 8.07 Å². The highest BCUT2D eigenvalue weighted by Crippen LogP contribution is 2.59. The van der Waals surface area contributed by atoms with E-state index >= 15 is 0 Å². The molecule has 5 atom stereocenters. The molecule has 0 N–H and O–H groups in total. The number of rotatable bonds is 2. The van der Waals surface area contributed by atoms with Crippen LogP contribution >= 0.6 is 0 Å². The molecule has 0 bridgehead atoms. The minimum Gasteiger partial charge on any atom is -0.0689 e. The van der Waals surface area contributed by atoms with Gasteiger partial charge in [-0.2, -0.15) is 0 Å². The van der Waals surface area contributed by atoms with Crippen molar-refractivity contribution in [3.8, 4) is 0 Å². The minimum atomic E-state index is -1.07. The lowest BCUT2D eigenvalue weighted by Crippen LogP contribution is -2.40. The molecular weight excluding hydrogens is 268 g/mol. The second-order valence-corrected chi connectivity index (χ2v) is 15.5. The molecular formula is C20H38Si. The number of hydrogen-bond acceptors (Lipinski definition) is 0. The first-order valence-corrected chi connectivity index (χ1v) is 13.0. The van der Waals surface area contributed by atoms with Gasteiger partial charge in [0.1, 0.15) is 0 Å². The van der Waals surface area contributed by atoms with Crippen molar-refractivity contribution in [3.05, 3.63) is 0 Å². The maximum absolute atomic E-state index is 2.78. The molecule has 21 heavy (non-hydrogen) atoms. The fraction of sp³-hybridized carbons (Fsp3) is 1.00. The van der Waals surface area contributed by atoms with Crippen LogP contribution in [0.25, 0.3) is 0 Å². The smallest absolute Gasteiger partial charge is 0.0538 e. The Bertz CT molecular complexity index is 365. The molecule has 0 aromatic carbocycles. The molecule has 0 aromatic rings. The van der Waals surface area contributed by atoms with E-state index in [-0.39, 0.29) is 0 Å². The Kier molecular flexibility index (Phi) is 4.36. The van der Waals surface area contributed by atoms with Gasteiger partial charge in [0.25, 0.3) is 0 Å². The van der Waals surface area contributed by atoms with Crippen molar-refractivity contribution < 1.29 is 0 Å². The van der Waals surface area contributed by atoms with Gasteiger partial charge in [-0.3, -0.25) is 0 Å². The Balaban J connectivity index is 1.69. The summed E-state index contributed by atoms with van der Waals surface area (Å²) in [5, 5.41) is 0. The molecule has 0 heterocycles. The largest absolute Gasteiger partial charge is 0.0689 e. The molecule has 0 nitrogen and oxygen atoms in total. The average molecular weight is 307 g/mol. The van der Waals surface area contributed by atoms with Crippen LogP contribution in [0.3, 0.4) is 0 Å². The number of fused-ring (bicyclic) bond motifs is 1. The minimum absolute atomic E-state index is 0.544. The predicted octanol–water partition coefficient (Wildman–Crippen LogP) is 6.88. The molecule has 5 unspecified atom stereocenters. The third-order valence-electron chi connectivity index (χ3n) is 8.00. The maximum Gasteiger partial charge on any atom is 0.0538 e. The zero-order valence-electron chi connectivity index (χ0n) is 15.3. The van der Waals surface area contributed by atoms with Crippen LogP contribution in [0.15, 0.2) is 0 Å². The van der Waals surface area contributed by atoms with Gasteiger partial charge in [-0.25, -0.2) is 0 Å². The van der Waals surface area contributed by atoms with E-state index in [2.05, 4.69) is 33.9 Å². The van der Waals surface area contributed by atoms with Gasteiger partial charge in [-0.05, 0) is 47.1 Å². The monoisotopic (exact) mass is 306 g/mol. The summed E-state index contributed by atoms with van der Waals surface area (Å²) >= 11 is 0. The van der Waals surface area contributed by atoms with Crippen LogP contribution in [0.4, 0.5) is 0 Å². The Morgan fingerprint density at radius 2 is 1.52 bits per heavy atom. The summed E-state index contributed by atoms with van der Waals surface area (Å²) in [6, 6.07) is 0. The molecule has 0 spiro atoms. The fourth-order valence-electron chi connectivity index (χ4n) is 6.40. The molecule has 3 saturated carbocycles. The standard InChI is InChI=1S/C20H38Si/c1-20(2,3)16-11-12-17(14-16)21(4,5)19-13-10-15-8-6-7-9-18(15)19/h15-19H,6-14H2,1-5H3. The van der Waals surface area contributed by atoms with Crippen LogP contribution in [0.2, 0.25) is 24.2 Å². The van der Waals surface area contributed by atoms with E-state index in [1.165, 1.54) is 24.8 Å². The molecule has 3 fully saturated rings. The SMILES string of the molecule is CC(C)(C)C1CCC([Si](C)(C)C2CCC3CCCCC32)C1. The van der Waals surface area contributed by atoms with Crippen LogP contribution in [0.5, 0.6) is 0 Å². The molecule has 0 saturated heterocycles. The van der Waals surface area contributed by atoms with Crippen molar-refractivity contribution in [3.63, 3.8) is 0 Å². The molecule has 3 aliphatic carbocycles. The molecule has 122 valence electrons. The molecule has 0 amide bonds. The van der Waals surface area contributed by atoms with Crippen LogP contribution in [-0.4, -0.2) is 8.07 Å². The summed E-state index contributed by atoms with van der Waals surface area (Å²) in [5.41, 5.74) is 2.85. The van der Waals surface area contributed by atoms with Gasteiger partial charge in [-0.1, -0.05) is 78.8 Å². The summed E-state index contributed by atoms with van der Waals surface area (Å²) in [5.74, 6) is 3.28. The quantitative estimate of drug-likeness (QED) is 0.488. The fourth-order valence-corrected chi connectivity index (χ4v) is 11.3. The van der Waals surface area contributed by atoms with Gasteiger partial charge in [0.2, 0.25) is 0 Å². The van der Waals surface area contributed by atoms with E-state index in [1.807, 2.05) is 0 Å². The van der Waals surface area contributed by atoms with E-state index < -0.39 is 8.07 Å². The number of hydrogen-bond donors (Lipinski definition) is 0. The van der Waals surface area contributed by atoms with E-state index in [0.29, 0.717) is 5.41 Å². The Hall–Kier alpha value is 0.217. The Morgan fingerprint density at radius 1 is 0.810 bits per heavy atom. The average Bonchev–Trinajstić information content (AvgIpc) is 3.05. The molecule has 0 aliphatic heterocycles. The topological polar surface area (TPSA) is 0 Å². The second kappa shape index (κ2) is 5.69. The summed E-state index contributed by atoms with van der Waals surface area (Å²) in [6.07, 6.45) is 14.1. The van der Waals surface area contributed by atoms with Crippen molar-refractivity contribution in [1.29, 1.82) is 0 Å². The molecule has 0 radical (unpaired) electrons. The van der Waals surface area contributed by atoms with Crippen LogP contribution in [0, 0.1) is 23.2 Å². The van der Waals surface area contributed by atoms with Crippen molar-refractivity contribution in [2.45, 2.75) is 103 Å². The highest BCUT2D eigenvalue weighted by atomic mass is 28.3. The van der Waals surface area contributed by atoms with Crippen molar-refractivity contribution in [1.82, 2.24) is 0 Å². The van der Waals surface area contributed by atoms with Crippen molar-refractivity contribution in [2.24, 2.45) is 23.2 Å². The summed E-state index contributed by atoms with van der Waals surface area (Å²) in [6.45, 7) is 13.0. The zero-order chi connectivity index (χ0) is 15.3. The normalized spacial score (nSPS) is 41.3. The van der Waals surface area contributed by atoms with Crippen LogP contribution < -0.4 is 0 Å². The highest BCUT2D eigenvalue weighted by molar-refractivity contribution is 6.80. The van der Waals surface area contributed by atoms with E-state index in [4.69, 9.17) is 0 Å². The first kappa shape index (κ1) is 16.1. The van der Waals surface area contributed by atoms with E-state index in [0.717, 1.165) is 23.3 Å². The summed E-state index contributed by atoms with van der Waals surface area (Å²) in [4.78, 5) is 0. The summed E-state index contributed by atoms with van der Waals surface area (Å²) in [7, 11) is -1.07. The van der Waals surface area contributed by atoms with Crippen LogP contribution in [0.1, 0.15) is 78.6 Å². The second-order valence-electron chi connectivity index (χ2n) is 10.3. The van der Waals surface area contributed by atoms with E-state index in [9.17, 15) is 0 Å². The van der Waals surface area contributed by atoms with Gasteiger partial charge in [0.15, 0.2) is 0 Å². The molecule has 1 heteroatoms. The molecule has 0 aromatic heterocycles. The van der Waals surface area contributed by atoms with Gasteiger partial charge in [0.05, 0.1) is 8.07 Å². The van der Waals surface area contributed by atoms with Gasteiger partial charge in [0, 0.05) is 0 Å². The van der Waals surface area contributed by atoms with Gasteiger partial charge >= 0.3 is 0 Å². The highest BCUT2D eigenvalue weighted by Gasteiger charge is 2.50. The first-order chi connectivity index (χ1) is 9.80. The van der Waals surface area contributed by atoms with E-state index in [1.54, 1.807) is 38.5 Å². The first-order valence-electron chi connectivity index (χ1n) is 9.80. The van der Waals surface area contributed by atoms with Gasteiger partial charge < -0.3 is 0 Å². The Morgan fingerprint density at radius 3 is 2.19 bits per heavy atom. The lowest BCUT2D eigenvalue weighted by Gasteiger charge is -2.42. The summed E-state index contributed by atoms with van der Waals surface area (Å²) < 4.78 is 0. The van der Waals surface area contributed by atoms with Crippen LogP contribution in [-0.2, 0) is 0 Å². The predicted molar refractivity (Wildman–Crippen MR) is 96.5 cm³/mol. The zero-order valence-corrected chi connectivity index (χ0v) is 16.3. The lowest BCUT2D eigenvalue weighted by molar-refractivity contribution is 0.245. The Labute approximate surface area is 134 Å².